The summed E-state index contributed by atoms with van der Waals surface area (Å²) in [6, 6.07) is 0. The molecule has 0 aliphatic carbocycles. The number of hydrogen-bond donors (Lipinski definition) is 0. The molecule has 0 spiro atoms. The summed E-state index contributed by atoms with van der Waals surface area (Å²) in [4.78, 5) is 0. The van der Waals surface area contributed by atoms with Crippen LogP contribution in [0.2, 0.25) is 0 Å². The first kappa shape index (κ1) is 7.32. The quantitative estimate of drug-likeness (QED) is 0.442. The van der Waals surface area contributed by atoms with Crippen molar-refractivity contribution in [2.45, 2.75) is 25.0 Å². The largest absolute Gasteiger partial charge is 0.374 e. The molecular formula is C9H14O2. The van der Waals surface area contributed by atoms with Gasteiger partial charge >= 0.3 is 0 Å². The molecule has 2 saturated heterocycles. The minimum atomic E-state index is 0.296. The first-order chi connectivity index (χ1) is 5.40. The summed E-state index contributed by atoms with van der Waals surface area (Å²) in [7, 11) is 0. The highest BCUT2D eigenvalue weighted by Gasteiger charge is 2.35. The van der Waals surface area contributed by atoms with E-state index in [9.17, 15) is 0 Å². The van der Waals surface area contributed by atoms with Gasteiger partial charge in [-0.3, -0.25) is 0 Å². The van der Waals surface area contributed by atoms with Crippen LogP contribution in [0.5, 0.6) is 0 Å². The van der Waals surface area contributed by atoms with Gasteiger partial charge in [-0.1, -0.05) is 6.08 Å². The molecule has 0 amide bonds. The van der Waals surface area contributed by atoms with E-state index in [1.165, 1.54) is 6.42 Å². The topological polar surface area (TPSA) is 21.8 Å². The lowest BCUT2D eigenvalue weighted by Gasteiger charge is -2.25. The van der Waals surface area contributed by atoms with Gasteiger partial charge in [0, 0.05) is 5.92 Å². The highest BCUT2D eigenvalue weighted by atomic mass is 16.6. The molecule has 3 unspecified atom stereocenters. The minimum Gasteiger partial charge on any atom is -0.374 e. The van der Waals surface area contributed by atoms with Gasteiger partial charge in [-0.05, 0) is 12.8 Å². The molecule has 0 N–H and O–H groups in total. The molecule has 2 fully saturated rings. The van der Waals surface area contributed by atoms with Crippen molar-refractivity contribution < 1.29 is 9.47 Å². The van der Waals surface area contributed by atoms with Crippen LogP contribution in [0, 0.1) is 5.92 Å². The lowest BCUT2D eigenvalue weighted by atomic mass is 9.96. The Bertz CT molecular complexity index is 144. The molecular weight excluding hydrogens is 140 g/mol. The Hall–Kier alpha value is -0.340. The Balaban J connectivity index is 1.79. The zero-order valence-corrected chi connectivity index (χ0v) is 6.66. The maximum Gasteiger partial charge on any atom is 0.0860 e. The Kier molecular flexibility index (Phi) is 1.96. The Labute approximate surface area is 67.2 Å². The van der Waals surface area contributed by atoms with Gasteiger partial charge in [0.1, 0.15) is 0 Å². The highest BCUT2D eigenvalue weighted by molar-refractivity contribution is 4.88. The molecule has 0 radical (unpaired) electrons. The maximum absolute atomic E-state index is 5.54. The van der Waals surface area contributed by atoms with Crippen LogP contribution in [0.15, 0.2) is 12.7 Å². The first-order valence-electron chi connectivity index (χ1n) is 4.26. The maximum atomic E-state index is 5.54. The van der Waals surface area contributed by atoms with Crippen molar-refractivity contribution in [1.82, 2.24) is 0 Å². The van der Waals surface area contributed by atoms with E-state index in [0.717, 1.165) is 19.6 Å². The van der Waals surface area contributed by atoms with Crippen LogP contribution in [0.1, 0.15) is 12.8 Å². The summed E-state index contributed by atoms with van der Waals surface area (Å²) in [5.41, 5.74) is 0. The molecule has 2 aliphatic heterocycles. The SMILES string of the molecule is C=CC1CCC(C2CO2)CO1. The summed E-state index contributed by atoms with van der Waals surface area (Å²) >= 11 is 0. The summed E-state index contributed by atoms with van der Waals surface area (Å²) in [5, 5.41) is 0. The number of ether oxygens (including phenoxy) is 2. The fourth-order valence-corrected chi connectivity index (χ4v) is 1.60. The standard InChI is InChI=1S/C9H14O2/c1-2-8-4-3-7(5-10-8)9-6-11-9/h2,7-9H,1,3-6H2. The van der Waals surface area contributed by atoms with E-state index in [0.29, 0.717) is 18.1 Å². The molecule has 3 atom stereocenters. The summed E-state index contributed by atoms with van der Waals surface area (Å²) in [5.74, 6) is 0.659. The van der Waals surface area contributed by atoms with Crippen LogP contribution in [-0.4, -0.2) is 25.4 Å². The summed E-state index contributed by atoms with van der Waals surface area (Å²) in [6.45, 7) is 5.53. The van der Waals surface area contributed by atoms with Crippen molar-refractivity contribution >= 4 is 0 Å². The first-order valence-corrected chi connectivity index (χ1v) is 4.26. The molecule has 2 rings (SSSR count). The van der Waals surface area contributed by atoms with E-state index in [-0.39, 0.29) is 0 Å². The molecule has 0 saturated carbocycles. The zero-order valence-electron chi connectivity index (χ0n) is 6.66. The monoisotopic (exact) mass is 154 g/mol. The van der Waals surface area contributed by atoms with E-state index in [1.54, 1.807) is 0 Å². The number of epoxide rings is 1. The van der Waals surface area contributed by atoms with Gasteiger partial charge in [0.15, 0.2) is 0 Å². The average molecular weight is 154 g/mol. The van der Waals surface area contributed by atoms with Crippen LogP contribution in [0.3, 0.4) is 0 Å². The van der Waals surface area contributed by atoms with Gasteiger partial charge in [-0.15, -0.1) is 6.58 Å². The molecule has 0 aromatic rings. The summed E-state index contributed by atoms with van der Waals surface area (Å²) in [6.07, 6.45) is 5.06. The zero-order chi connectivity index (χ0) is 7.68. The molecule has 0 bridgehead atoms. The van der Waals surface area contributed by atoms with Crippen LogP contribution >= 0.6 is 0 Å². The smallest absolute Gasteiger partial charge is 0.0860 e. The van der Waals surface area contributed by atoms with Gasteiger partial charge in [-0.2, -0.15) is 0 Å². The molecule has 2 aliphatic rings. The van der Waals surface area contributed by atoms with Crippen molar-refractivity contribution in [3.8, 4) is 0 Å². The lowest BCUT2D eigenvalue weighted by molar-refractivity contribution is 0.00291. The Morgan fingerprint density at radius 3 is 2.45 bits per heavy atom. The van der Waals surface area contributed by atoms with Crippen molar-refractivity contribution in [1.29, 1.82) is 0 Å². The van der Waals surface area contributed by atoms with E-state index in [4.69, 9.17) is 9.47 Å². The van der Waals surface area contributed by atoms with E-state index >= 15 is 0 Å². The third-order valence-electron chi connectivity index (χ3n) is 2.49. The van der Waals surface area contributed by atoms with Gasteiger partial charge in [0.25, 0.3) is 0 Å². The van der Waals surface area contributed by atoms with Crippen molar-refractivity contribution in [2.24, 2.45) is 5.92 Å². The third kappa shape index (κ3) is 1.63. The summed E-state index contributed by atoms with van der Waals surface area (Å²) < 4.78 is 10.8. The van der Waals surface area contributed by atoms with Crippen LogP contribution in [-0.2, 0) is 9.47 Å². The van der Waals surface area contributed by atoms with Crippen LogP contribution < -0.4 is 0 Å². The van der Waals surface area contributed by atoms with Gasteiger partial charge in [-0.25, -0.2) is 0 Å². The van der Waals surface area contributed by atoms with Crippen molar-refractivity contribution in [3.63, 3.8) is 0 Å². The van der Waals surface area contributed by atoms with Crippen LogP contribution in [0.25, 0.3) is 0 Å². The Morgan fingerprint density at radius 1 is 1.18 bits per heavy atom. The molecule has 2 nitrogen and oxygen atoms in total. The molecule has 62 valence electrons. The predicted molar refractivity (Wildman–Crippen MR) is 42.4 cm³/mol. The molecule has 2 heterocycles. The van der Waals surface area contributed by atoms with E-state index in [1.807, 2.05) is 6.08 Å². The van der Waals surface area contributed by atoms with Crippen molar-refractivity contribution in [2.75, 3.05) is 13.2 Å². The van der Waals surface area contributed by atoms with Gasteiger partial charge in [0.2, 0.25) is 0 Å². The number of rotatable bonds is 2. The predicted octanol–water partition coefficient (Wildman–Crippen LogP) is 1.37. The second kappa shape index (κ2) is 2.95. The average Bonchev–Trinajstić information content (AvgIpc) is 2.87. The van der Waals surface area contributed by atoms with E-state index in [2.05, 4.69) is 6.58 Å². The van der Waals surface area contributed by atoms with Gasteiger partial charge in [0.05, 0.1) is 25.4 Å². The normalized spacial score (nSPS) is 43.5. The highest BCUT2D eigenvalue weighted by Crippen LogP contribution is 2.29. The molecule has 0 aromatic heterocycles. The number of hydrogen-bond acceptors (Lipinski definition) is 2. The molecule has 0 aromatic carbocycles. The Morgan fingerprint density at radius 2 is 2.00 bits per heavy atom. The fraction of sp³-hybridized carbons (Fsp3) is 0.778. The third-order valence-corrected chi connectivity index (χ3v) is 2.49. The second-order valence-corrected chi connectivity index (χ2v) is 3.32. The minimum absolute atomic E-state index is 0.296. The molecule has 2 heteroatoms. The van der Waals surface area contributed by atoms with Crippen molar-refractivity contribution in [3.05, 3.63) is 12.7 Å². The molecule has 11 heavy (non-hydrogen) atoms. The second-order valence-electron chi connectivity index (χ2n) is 3.32. The van der Waals surface area contributed by atoms with E-state index < -0.39 is 0 Å². The van der Waals surface area contributed by atoms with Crippen LogP contribution in [0.4, 0.5) is 0 Å². The lowest BCUT2D eigenvalue weighted by Crippen LogP contribution is -2.27. The van der Waals surface area contributed by atoms with Gasteiger partial charge < -0.3 is 9.47 Å². The fourth-order valence-electron chi connectivity index (χ4n) is 1.60.